The summed E-state index contributed by atoms with van der Waals surface area (Å²) in [6, 6.07) is 9.00. The van der Waals surface area contributed by atoms with Gasteiger partial charge in [0.2, 0.25) is 0 Å². The number of amides is 4. The number of ether oxygens (including phenoxy) is 1. The van der Waals surface area contributed by atoms with E-state index in [1.807, 2.05) is 51.1 Å². The summed E-state index contributed by atoms with van der Waals surface area (Å²) < 4.78 is 5.21. The molecule has 0 bridgehead atoms. The summed E-state index contributed by atoms with van der Waals surface area (Å²) >= 11 is 0. The molecule has 1 aromatic rings. The lowest BCUT2D eigenvalue weighted by Gasteiger charge is -2.40. The number of nitrogens with one attached hydrogen (secondary N) is 1. The second-order valence-corrected chi connectivity index (χ2v) is 11.8. The lowest BCUT2D eigenvalue weighted by atomic mass is 9.67. The summed E-state index contributed by atoms with van der Waals surface area (Å²) in [5, 5.41) is 2.83. The standard InChI is InChI=1S/C27H39N3O5/c1-25(2,3)20-12-14-27(15-13-20)23(33)29(24(34)28-27)17-22(32)35-18-21(31)30(26(4,5)6)16-19-10-8-7-9-11-19/h7-11,20H,12-18H2,1-6H3,(H,28,34). The van der Waals surface area contributed by atoms with Gasteiger partial charge in [-0.2, -0.15) is 0 Å². The van der Waals surface area contributed by atoms with E-state index in [4.69, 9.17) is 4.74 Å². The summed E-state index contributed by atoms with van der Waals surface area (Å²) in [5.41, 5.74) is -0.311. The molecule has 35 heavy (non-hydrogen) atoms. The van der Waals surface area contributed by atoms with Crippen molar-refractivity contribution in [3.63, 3.8) is 0 Å². The van der Waals surface area contributed by atoms with Crippen molar-refractivity contribution >= 4 is 23.8 Å². The first kappa shape index (κ1) is 26.7. The number of esters is 1. The fourth-order valence-electron chi connectivity index (χ4n) is 5.00. The van der Waals surface area contributed by atoms with Crippen LogP contribution in [0.3, 0.4) is 0 Å². The third kappa shape index (κ3) is 6.21. The maximum atomic E-state index is 13.1. The maximum absolute atomic E-state index is 13.1. The van der Waals surface area contributed by atoms with Gasteiger partial charge >= 0.3 is 12.0 Å². The molecule has 1 aromatic carbocycles. The molecule has 0 atom stereocenters. The summed E-state index contributed by atoms with van der Waals surface area (Å²) in [6.07, 6.45) is 2.80. The van der Waals surface area contributed by atoms with E-state index in [2.05, 4.69) is 26.1 Å². The number of carbonyl (C=O) groups excluding carboxylic acids is 4. The molecule has 1 saturated carbocycles. The van der Waals surface area contributed by atoms with Gasteiger partial charge < -0.3 is 15.0 Å². The molecule has 1 aliphatic heterocycles. The van der Waals surface area contributed by atoms with Gasteiger partial charge in [-0.25, -0.2) is 4.79 Å². The summed E-state index contributed by atoms with van der Waals surface area (Å²) in [5.74, 6) is -1.03. The minimum atomic E-state index is -0.937. The van der Waals surface area contributed by atoms with Gasteiger partial charge in [0.05, 0.1) is 0 Å². The van der Waals surface area contributed by atoms with Gasteiger partial charge in [-0.1, -0.05) is 51.1 Å². The third-order valence-corrected chi connectivity index (χ3v) is 7.25. The van der Waals surface area contributed by atoms with Crippen LogP contribution in [-0.2, 0) is 25.7 Å². The van der Waals surface area contributed by atoms with Gasteiger partial charge in [0, 0.05) is 12.1 Å². The van der Waals surface area contributed by atoms with Crippen LogP contribution in [-0.4, -0.2) is 57.8 Å². The molecule has 1 spiro atoms. The highest BCUT2D eigenvalue weighted by Gasteiger charge is 2.53. The van der Waals surface area contributed by atoms with Crippen molar-refractivity contribution in [2.24, 2.45) is 11.3 Å². The van der Waals surface area contributed by atoms with Crippen molar-refractivity contribution in [3.05, 3.63) is 35.9 Å². The van der Waals surface area contributed by atoms with Crippen LogP contribution in [0.25, 0.3) is 0 Å². The SMILES string of the molecule is CC(C)(C)C1CCC2(CC1)NC(=O)N(CC(=O)OCC(=O)N(Cc1ccccc1)C(C)(C)C)C2=O. The van der Waals surface area contributed by atoms with Gasteiger partial charge in [0.15, 0.2) is 6.61 Å². The van der Waals surface area contributed by atoms with Crippen molar-refractivity contribution in [1.82, 2.24) is 15.1 Å². The van der Waals surface area contributed by atoms with E-state index in [-0.39, 0.29) is 17.2 Å². The number of nitrogens with zero attached hydrogens (tertiary/aromatic N) is 2. The van der Waals surface area contributed by atoms with E-state index in [0.29, 0.717) is 25.3 Å². The van der Waals surface area contributed by atoms with Crippen LogP contribution in [0.1, 0.15) is 72.8 Å². The van der Waals surface area contributed by atoms with Gasteiger partial charge in [-0.3, -0.25) is 19.3 Å². The molecular weight excluding hydrogens is 446 g/mol. The first-order valence-electron chi connectivity index (χ1n) is 12.4. The second-order valence-electron chi connectivity index (χ2n) is 11.8. The fraction of sp³-hybridized carbons (Fsp3) is 0.630. The number of rotatable bonds is 6. The Morgan fingerprint density at radius 2 is 1.66 bits per heavy atom. The van der Waals surface area contributed by atoms with E-state index >= 15 is 0 Å². The Hall–Kier alpha value is -2.90. The molecule has 4 amide bonds. The summed E-state index contributed by atoms with van der Waals surface area (Å²) in [7, 11) is 0. The quantitative estimate of drug-likeness (QED) is 0.487. The first-order valence-corrected chi connectivity index (χ1v) is 12.4. The fourth-order valence-corrected chi connectivity index (χ4v) is 5.00. The maximum Gasteiger partial charge on any atom is 0.326 e. The van der Waals surface area contributed by atoms with Gasteiger partial charge in [0.25, 0.3) is 11.8 Å². The van der Waals surface area contributed by atoms with E-state index in [1.54, 1.807) is 4.90 Å². The van der Waals surface area contributed by atoms with E-state index in [1.165, 1.54) is 0 Å². The minimum Gasteiger partial charge on any atom is -0.454 e. The molecule has 1 saturated heterocycles. The van der Waals surface area contributed by atoms with E-state index in [9.17, 15) is 19.2 Å². The first-order chi connectivity index (χ1) is 16.2. The Bertz CT molecular complexity index is 953. The molecule has 0 unspecified atom stereocenters. The Balaban J connectivity index is 1.56. The Labute approximate surface area is 208 Å². The number of carbonyl (C=O) groups is 4. The molecule has 1 aliphatic carbocycles. The lowest BCUT2D eigenvalue weighted by molar-refractivity contribution is -0.156. The number of hydrogen-bond donors (Lipinski definition) is 1. The molecule has 1 heterocycles. The van der Waals surface area contributed by atoms with Crippen molar-refractivity contribution in [1.29, 1.82) is 0 Å². The summed E-state index contributed by atoms with van der Waals surface area (Å²) in [6.45, 7) is 11.7. The Kier molecular flexibility index (Phi) is 7.62. The van der Waals surface area contributed by atoms with E-state index in [0.717, 1.165) is 23.3 Å². The largest absolute Gasteiger partial charge is 0.454 e. The normalized spacial score (nSPS) is 22.8. The molecule has 2 aliphatic rings. The predicted octanol–water partition coefficient (Wildman–Crippen LogP) is 3.88. The molecule has 8 heteroatoms. The smallest absolute Gasteiger partial charge is 0.326 e. The summed E-state index contributed by atoms with van der Waals surface area (Å²) in [4.78, 5) is 53.7. The van der Waals surface area contributed by atoms with Crippen LogP contribution in [0.5, 0.6) is 0 Å². The zero-order valence-corrected chi connectivity index (χ0v) is 21.8. The van der Waals surface area contributed by atoms with Crippen molar-refractivity contribution in [2.75, 3.05) is 13.2 Å². The zero-order chi connectivity index (χ0) is 26.0. The van der Waals surface area contributed by atoms with Gasteiger partial charge in [-0.15, -0.1) is 0 Å². The molecule has 3 rings (SSSR count). The second kappa shape index (κ2) is 9.99. The number of hydrogen-bond acceptors (Lipinski definition) is 5. The highest BCUT2D eigenvalue weighted by atomic mass is 16.5. The molecule has 0 radical (unpaired) electrons. The zero-order valence-electron chi connectivity index (χ0n) is 21.8. The van der Waals surface area contributed by atoms with Crippen LogP contribution in [0.4, 0.5) is 4.79 Å². The highest BCUT2D eigenvalue weighted by Crippen LogP contribution is 2.43. The molecular formula is C27H39N3O5. The van der Waals surface area contributed by atoms with Crippen LogP contribution < -0.4 is 5.32 Å². The van der Waals surface area contributed by atoms with Gasteiger partial charge in [-0.05, 0) is 63.4 Å². The van der Waals surface area contributed by atoms with Crippen LogP contribution in [0.2, 0.25) is 0 Å². The predicted molar refractivity (Wildman–Crippen MR) is 132 cm³/mol. The van der Waals surface area contributed by atoms with Crippen molar-refractivity contribution in [3.8, 4) is 0 Å². The topological polar surface area (TPSA) is 96.0 Å². The number of imide groups is 1. The van der Waals surface area contributed by atoms with Crippen molar-refractivity contribution < 1.29 is 23.9 Å². The Morgan fingerprint density at radius 3 is 2.20 bits per heavy atom. The van der Waals surface area contributed by atoms with Crippen LogP contribution in [0.15, 0.2) is 30.3 Å². The van der Waals surface area contributed by atoms with Crippen molar-refractivity contribution in [2.45, 2.75) is 84.8 Å². The van der Waals surface area contributed by atoms with Gasteiger partial charge in [0.1, 0.15) is 12.1 Å². The monoisotopic (exact) mass is 485 g/mol. The molecule has 2 fully saturated rings. The Morgan fingerprint density at radius 1 is 1.06 bits per heavy atom. The average Bonchev–Trinajstić information content (AvgIpc) is 2.99. The average molecular weight is 486 g/mol. The van der Waals surface area contributed by atoms with Crippen LogP contribution in [0, 0.1) is 11.3 Å². The van der Waals surface area contributed by atoms with E-state index < -0.39 is 36.2 Å². The minimum absolute atomic E-state index is 0.144. The number of benzene rings is 1. The number of urea groups is 1. The molecule has 192 valence electrons. The highest BCUT2D eigenvalue weighted by molar-refractivity contribution is 6.08. The van der Waals surface area contributed by atoms with Crippen LogP contribution >= 0.6 is 0 Å². The lowest BCUT2D eigenvalue weighted by Crippen LogP contribution is -2.51. The molecule has 1 N–H and O–H groups in total. The third-order valence-electron chi connectivity index (χ3n) is 7.25. The molecule has 0 aromatic heterocycles. The molecule has 8 nitrogen and oxygen atoms in total.